The van der Waals surface area contributed by atoms with Crippen molar-refractivity contribution in [2.75, 3.05) is 27.3 Å². The maximum atomic E-state index is 12.5. The molecule has 2 heterocycles. The Balaban J connectivity index is 2.03. The fraction of sp³-hybridized carbons (Fsp3) is 0.455. The lowest BCUT2D eigenvalue weighted by Gasteiger charge is -2.26. The molecular formula is C22H27NO6. The maximum Gasteiger partial charge on any atom is 0.306 e. The predicted octanol–water partition coefficient (Wildman–Crippen LogP) is 3.03. The van der Waals surface area contributed by atoms with Gasteiger partial charge in [-0.05, 0) is 32.0 Å². The summed E-state index contributed by atoms with van der Waals surface area (Å²) >= 11 is 0. The molecule has 1 aromatic carbocycles. The van der Waals surface area contributed by atoms with Crippen LogP contribution in [0.2, 0.25) is 0 Å². The smallest absolute Gasteiger partial charge is 0.306 e. The van der Waals surface area contributed by atoms with Crippen LogP contribution in [0.3, 0.4) is 0 Å². The quantitative estimate of drug-likeness (QED) is 0.713. The van der Waals surface area contributed by atoms with E-state index in [-0.39, 0.29) is 12.2 Å². The van der Waals surface area contributed by atoms with Gasteiger partial charge in [0.2, 0.25) is 11.2 Å². The monoisotopic (exact) mass is 401 g/mol. The first kappa shape index (κ1) is 20.9. The first-order valence-corrected chi connectivity index (χ1v) is 9.81. The molecule has 0 aliphatic carbocycles. The van der Waals surface area contributed by atoms with Gasteiger partial charge in [-0.15, -0.1) is 0 Å². The molecule has 7 nitrogen and oxygen atoms in total. The van der Waals surface area contributed by atoms with E-state index in [9.17, 15) is 14.7 Å². The molecule has 1 aliphatic heterocycles. The second kappa shape index (κ2) is 9.60. The summed E-state index contributed by atoms with van der Waals surface area (Å²) in [7, 11) is 2.82. The Labute approximate surface area is 169 Å². The third kappa shape index (κ3) is 4.98. The van der Waals surface area contributed by atoms with Crippen LogP contribution in [-0.4, -0.2) is 43.3 Å². The third-order valence-corrected chi connectivity index (χ3v) is 5.26. The summed E-state index contributed by atoms with van der Waals surface area (Å²) in [5.41, 5.74) is 0.108. The zero-order valence-corrected chi connectivity index (χ0v) is 16.8. The van der Waals surface area contributed by atoms with E-state index in [1.807, 2.05) is 0 Å². The number of likely N-dealkylation sites (tertiary alicyclic amines) is 1. The zero-order valence-electron chi connectivity index (χ0n) is 16.8. The molecule has 7 heteroatoms. The number of aromatic hydroxyl groups is 1. The molecule has 3 rings (SSSR count). The van der Waals surface area contributed by atoms with E-state index in [0.717, 1.165) is 25.9 Å². The SMILES string of the molecule is COC(=O)C[C@H](c1ccccc1OC)c1oc(CN2CCCCC2)cc(=O)c1O. The second-order valence-corrected chi connectivity index (χ2v) is 7.20. The summed E-state index contributed by atoms with van der Waals surface area (Å²) in [5, 5.41) is 10.5. The molecule has 1 aromatic heterocycles. The molecule has 1 atom stereocenters. The first-order valence-electron chi connectivity index (χ1n) is 9.81. The molecule has 1 aliphatic rings. The van der Waals surface area contributed by atoms with Crippen molar-refractivity contribution in [1.82, 2.24) is 4.90 Å². The molecule has 1 saturated heterocycles. The summed E-state index contributed by atoms with van der Waals surface area (Å²) in [6, 6.07) is 8.47. The molecule has 0 unspecified atom stereocenters. The summed E-state index contributed by atoms with van der Waals surface area (Å²) < 4.78 is 16.3. The molecule has 0 amide bonds. The van der Waals surface area contributed by atoms with Crippen molar-refractivity contribution in [2.45, 2.75) is 38.1 Å². The van der Waals surface area contributed by atoms with Crippen LogP contribution < -0.4 is 10.2 Å². The number of methoxy groups -OCH3 is 2. The lowest BCUT2D eigenvalue weighted by atomic mass is 9.91. The fourth-order valence-electron chi connectivity index (χ4n) is 3.76. The number of benzene rings is 1. The highest BCUT2D eigenvalue weighted by Crippen LogP contribution is 2.38. The molecule has 0 bridgehead atoms. The Hall–Kier alpha value is -2.80. The van der Waals surface area contributed by atoms with Crippen LogP contribution in [0, 0.1) is 0 Å². The summed E-state index contributed by atoms with van der Waals surface area (Å²) in [6.07, 6.45) is 3.33. The topological polar surface area (TPSA) is 89.2 Å². The highest BCUT2D eigenvalue weighted by molar-refractivity contribution is 5.71. The Bertz CT molecular complexity index is 900. The number of para-hydroxylation sites is 1. The number of nitrogens with zero attached hydrogens (tertiary/aromatic N) is 1. The van der Waals surface area contributed by atoms with Crippen LogP contribution in [0.25, 0.3) is 0 Å². The molecule has 0 saturated carbocycles. The van der Waals surface area contributed by atoms with E-state index in [2.05, 4.69) is 4.90 Å². The van der Waals surface area contributed by atoms with Crippen LogP contribution >= 0.6 is 0 Å². The predicted molar refractivity (Wildman–Crippen MR) is 107 cm³/mol. The van der Waals surface area contributed by atoms with Gasteiger partial charge in [0.05, 0.1) is 33.1 Å². The molecule has 29 heavy (non-hydrogen) atoms. The molecule has 1 N–H and O–H groups in total. The number of rotatable bonds is 7. The van der Waals surface area contributed by atoms with Crippen LogP contribution in [0.4, 0.5) is 0 Å². The van der Waals surface area contributed by atoms with Gasteiger partial charge in [-0.3, -0.25) is 14.5 Å². The second-order valence-electron chi connectivity index (χ2n) is 7.20. The zero-order chi connectivity index (χ0) is 20.8. The molecule has 2 aromatic rings. The van der Waals surface area contributed by atoms with Gasteiger partial charge < -0.3 is 19.0 Å². The van der Waals surface area contributed by atoms with E-state index in [0.29, 0.717) is 23.6 Å². The number of hydrogen-bond acceptors (Lipinski definition) is 7. The van der Waals surface area contributed by atoms with Crippen molar-refractivity contribution >= 4 is 5.97 Å². The lowest BCUT2D eigenvalue weighted by molar-refractivity contribution is -0.140. The number of carbonyl (C=O) groups excluding carboxylic acids is 1. The highest BCUT2D eigenvalue weighted by Gasteiger charge is 2.29. The van der Waals surface area contributed by atoms with E-state index < -0.39 is 23.1 Å². The van der Waals surface area contributed by atoms with Gasteiger partial charge in [-0.25, -0.2) is 0 Å². The maximum absolute atomic E-state index is 12.5. The van der Waals surface area contributed by atoms with Gasteiger partial charge in [-0.2, -0.15) is 0 Å². The van der Waals surface area contributed by atoms with Crippen LogP contribution in [0.1, 0.15) is 48.7 Å². The van der Waals surface area contributed by atoms with Crippen molar-refractivity contribution in [2.24, 2.45) is 0 Å². The Morgan fingerprint density at radius 1 is 1.21 bits per heavy atom. The van der Waals surface area contributed by atoms with E-state index in [1.54, 1.807) is 24.3 Å². The van der Waals surface area contributed by atoms with Crippen molar-refractivity contribution in [1.29, 1.82) is 0 Å². The average Bonchev–Trinajstić information content (AvgIpc) is 2.75. The Morgan fingerprint density at radius 3 is 2.62 bits per heavy atom. The minimum Gasteiger partial charge on any atom is -0.502 e. The molecule has 1 fully saturated rings. The van der Waals surface area contributed by atoms with Crippen LogP contribution in [0.5, 0.6) is 11.5 Å². The summed E-state index contributed by atoms with van der Waals surface area (Å²) in [6.45, 7) is 2.37. The Morgan fingerprint density at radius 2 is 1.93 bits per heavy atom. The number of esters is 1. The molecule has 0 radical (unpaired) electrons. The first-order chi connectivity index (χ1) is 14.0. The minimum atomic E-state index is -0.715. The van der Waals surface area contributed by atoms with Gasteiger partial charge in [0.25, 0.3) is 0 Å². The largest absolute Gasteiger partial charge is 0.502 e. The highest BCUT2D eigenvalue weighted by atomic mass is 16.5. The van der Waals surface area contributed by atoms with Gasteiger partial charge in [-0.1, -0.05) is 24.6 Å². The van der Waals surface area contributed by atoms with Gasteiger partial charge in [0.15, 0.2) is 5.76 Å². The Kier molecular flexibility index (Phi) is 6.93. The van der Waals surface area contributed by atoms with Gasteiger partial charge in [0.1, 0.15) is 11.5 Å². The van der Waals surface area contributed by atoms with E-state index in [1.165, 1.54) is 26.7 Å². The molecular weight excluding hydrogens is 374 g/mol. The summed E-state index contributed by atoms with van der Waals surface area (Å²) in [5.74, 6) is -0.636. The van der Waals surface area contributed by atoms with Gasteiger partial charge in [0, 0.05) is 11.6 Å². The number of ether oxygens (including phenoxy) is 2. The standard InChI is InChI=1S/C22H27NO6/c1-27-19-9-5-4-8-16(19)17(13-20(25)28-2)22-21(26)18(24)12-15(29-22)14-23-10-6-3-7-11-23/h4-5,8-9,12,17,26H,3,6-7,10-11,13-14H2,1-2H3/t17-/m1/s1. The van der Waals surface area contributed by atoms with E-state index >= 15 is 0 Å². The van der Waals surface area contributed by atoms with Crippen LogP contribution in [0.15, 0.2) is 39.5 Å². The van der Waals surface area contributed by atoms with Crippen molar-refractivity contribution < 1.29 is 23.8 Å². The average molecular weight is 401 g/mol. The fourth-order valence-corrected chi connectivity index (χ4v) is 3.76. The number of hydrogen-bond donors (Lipinski definition) is 1. The minimum absolute atomic E-state index is 0.0550. The van der Waals surface area contributed by atoms with Crippen LogP contribution in [-0.2, 0) is 16.1 Å². The molecule has 156 valence electrons. The lowest BCUT2D eigenvalue weighted by Crippen LogP contribution is -2.29. The summed E-state index contributed by atoms with van der Waals surface area (Å²) in [4.78, 5) is 26.8. The van der Waals surface area contributed by atoms with E-state index in [4.69, 9.17) is 13.9 Å². The van der Waals surface area contributed by atoms with Crippen molar-refractivity contribution in [3.63, 3.8) is 0 Å². The normalized spacial score (nSPS) is 15.7. The van der Waals surface area contributed by atoms with Crippen molar-refractivity contribution in [3.05, 3.63) is 57.6 Å². The third-order valence-electron chi connectivity index (χ3n) is 5.26. The number of piperidine rings is 1. The number of carbonyl (C=O) groups is 1. The van der Waals surface area contributed by atoms with Crippen molar-refractivity contribution in [3.8, 4) is 11.5 Å². The molecule has 0 spiro atoms. The van der Waals surface area contributed by atoms with Gasteiger partial charge >= 0.3 is 5.97 Å².